The minimum absolute atomic E-state index is 0.0954. The van der Waals surface area contributed by atoms with Gasteiger partial charge in [0.1, 0.15) is 29.8 Å². The van der Waals surface area contributed by atoms with Crippen LogP contribution < -0.4 is 15.2 Å². The summed E-state index contributed by atoms with van der Waals surface area (Å²) in [5, 5.41) is 22.0. The first kappa shape index (κ1) is 20.6. The van der Waals surface area contributed by atoms with Crippen molar-refractivity contribution < 1.29 is 24.5 Å². The van der Waals surface area contributed by atoms with Gasteiger partial charge in [0.2, 0.25) is 5.43 Å². The molecule has 3 aromatic rings. The van der Waals surface area contributed by atoms with Crippen molar-refractivity contribution in [3.05, 3.63) is 87.3 Å². The Kier molecular flexibility index (Phi) is 4.63. The summed E-state index contributed by atoms with van der Waals surface area (Å²) in [6, 6.07) is 14.2. The van der Waals surface area contributed by atoms with Crippen LogP contribution in [-0.2, 0) is 0 Å². The van der Waals surface area contributed by atoms with Crippen LogP contribution >= 0.6 is 0 Å². The molecular weight excluding hydrogens is 426 g/mol. The van der Waals surface area contributed by atoms with Crippen LogP contribution in [0.4, 0.5) is 0 Å². The molecule has 2 aliphatic rings. The summed E-state index contributed by atoms with van der Waals surface area (Å²) in [6.45, 7) is 3.76. The number of carboxylic acid groups (broad SMARTS) is 1. The van der Waals surface area contributed by atoms with Crippen LogP contribution in [0.25, 0.3) is 0 Å². The molecule has 2 aromatic carbocycles. The smallest absolute Gasteiger partial charge is 0.341 e. The molecule has 0 fully saturated rings. The molecule has 0 aliphatic carbocycles. The van der Waals surface area contributed by atoms with E-state index >= 15 is 0 Å². The fourth-order valence-corrected chi connectivity index (χ4v) is 4.38. The number of amides is 1. The van der Waals surface area contributed by atoms with Gasteiger partial charge < -0.3 is 19.8 Å². The minimum Gasteiger partial charge on any atom is -0.502 e. The van der Waals surface area contributed by atoms with Gasteiger partial charge in [0, 0.05) is 23.4 Å². The SMILES string of the molecule is CC(C)N1CN(C2c3ccccc3Oc3ccccc32)n2cc(C(=O)O)c(=O)c(O)c2C1=O. The van der Waals surface area contributed by atoms with E-state index in [4.69, 9.17) is 4.74 Å². The Morgan fingerprint density at radius 3 is 2.15 bits per heavy atom. The number of aromatic nitrogens is 1. The standard InChI is InChI=1S/C24H21N3O6/c1-13(2)25-12-27(26-11-16(24(31)32)21(28)22(29)20(26)23(25)30)19-14-7-3-5-9-17(14)33-18-10-6-4-8-15(18)19/h3-11,13,19,29H,12H2,1-2H3,(H,31,32). The van der Waals surface area contributed by atoms with Crippen LogP contribution in [0.15, 0.2) is 59.5 Å². The van der Waals surface area contributed by atoms with Crippen molar-refractivity contribution >= 4 is 11.9 Å². The first-order valence-corrected chi connectivity index (χ1v) is 10.4. The topological polar surface area (TPSA) is 112 Å². The normalized spacial score (nSPS) is 15.1. The molecule has 0 bridgehead atoms. The van der Waals surface area contributed by atoms with E-state index < -0.39 is 34.7 Å². The van der Waals surface area contributed by atoms with Gasteiger partial charge in [-0.3, -0.25) is 19.3 Å². The fourth-order valence-electron chi connectivity index (χ4n) is 4.38. The minimum atomic E-state index is -1.49. The van der Waals surface area contributed by atoms with Crippen LogP contribution in [-0.4, -0.2) is 44.4 Å². The zero-order chi connectivity index (χ0) is 23.4. The monoisotopic (exact) mass is 447 g/mol. The molecule has 5 rings (SSSR count). The number of rotatable bonds is 3. The van der Waals surface area contributed by atoms with Crippen molar-refractivity contribution in [3.63, 3.8) is 0 Å². The zero-order valence-corrected chi connectivity index (χ0v) is 17.9. The van der Waals surface area contributed by atoms with Crippen molar-refractivity contribution in [1.29, 1.82) is 0 Å². The van der Waals surface area contributed by atoms with E-state index in [1.54, 1.807) is 5.01 Å². The summed E-state index contributed by atoms with van der Waals surface area (Å²) >= 11 is 0. The molecule has 0 unspecified atom stereocenters. The average molecular weight is 447 g/mol. The number of carboxylic acids is 1. The first-order valence-electron chi connectivity index (χ1n) is 10.4. The maximum Gasteiger partial charge on any atom is 0.341 e. The molecule has 1 aromatic heterocycles. The predicted molar refractivity (Wildman–Crippen MR) is 119 cm³/mol. The molecular formula is C24H21N3O6. The zero-order valence-electron chi connectivity index (χ0n) is 17.9. The summed E-state index contributed by atoms with van der Waals surface area (Å²) < 4.78 is 7.37. The van der Waals surface area contributed by atoms with E-state index in [1.807, 2.05) is 62.4 Å². The van der Waals surface area contributed by atoms with Gasteiger partial charge in [-0.25, -0.2) is 4.79 Å². The van der Waals surface area contributed by atoms with E-state index in [0.29, 0.717) is 11.5 Å². The maximum atomic E-state index is 13.2. The summed E-state index contributed by atoms with van der Waals surface area (Å²) in [5.41, 5.74) is -0.391. The quantitative estimate of drug-likeness (QED) is 0.635. The molecule has 0 radical (unpaired) electrons. The third kappa shape index (κ3) is 3.04. The van der Waals surface area contributed by atoms with E-state index in [0.717, 1.165) is 17.3 Å². The van der Waals surface area contributed by atoms with Crippen molar-refractivity contribution in [1.82, 2.24) is 9.58 Å². The third-order valence-electron chi connectivity index (χ3n) is 6.00. The number of aromatic carboxylic acids is 1. The van der Waals surface area contributed by atoms with Crippen LogP contribution in [0.5, 0.6) is 17.2 Å². The molecule has 0 atom stereocenters. The van der Waals surface area contributed by atoms with Crippen molar-refractivity contribution in [2.75, 3.05) is 11.7 Å². The van der Waals surface area contributed by atoms with Gasteiger partial charge in [-0.15, -0.1) is 0 Å². The van der Waals surface area contributed by atoms with E-state index in [-0.39, 0.29) is 18.4 Å². The largest absolute Gasteiger partial charge is 0.502 e. The molecule has 0 spiro atoms. The Morgan fingerprint density at radius 1 is 1.03 bits per heavy atom. The van der Waals surface area contributed by atoms with Crippen LogP contribution in [0.3, 0.4) is 0 Å². The molecule has 2 N–H and O–H groups in total. The number of para-hydroxylation sites is 2. The highest BCUT2D eigenvalue weighted by molar-refractivity contribution is 5.98. The molecule has 1 amide bonds. The highest BCUT2D eigenvalue weighted by atomic mass is 16.5. The summed E-state index contributed by atoms with van der Waals surface area (Å²) in [6.07, 6.45) is 1.11. The van der Waals surface area contributed by atoms with Gasteiger partial charge >= 0.3 is 5.97 Å². The molecule has 0 saturated heterocycles. The number of pyridine rings is 1. The summed E-state index contributed by atoms with van der Waals surface area (Å²) in [4.78, 5) is 39.0. The second-order valence-corrected chi connectivity index (χ2v) is 8.25. The lowest BCUT2D eigenvalue weighted by Crippen LogP contribution is -2.57. The molecule has 33 heavy (non-hydrogen) atoms. The number of carbonyl (C=O) groups is 2. The number of hydrogen-bond acceptors (Lipinski definition) is 6. The predicted octanol–water partition coefficient (Wildman–Crippen LogP) is 2.91. The number of hydrogen-bond donors (Lipinski definition) is 2. The van der Waals surface area contributed by atoms with Crippen molar-refractivity contribution in [2.24, 2.45) is 0 Å². The molecule has 168 valence electrons. The Labute approximate surface area is 188 Å². The first-order chi connectivity index (χ1) is 15.8. The van der Waals surface area contributed by atoms with Crippen LogP contribution in [0.1, 0.15) is 51.9 Å². The van der Waals surface area contributed by atoms with Crippen LogP contribution in [0.2, 0.25) is 0 Å². The maximum absolute atomic E-state index is 13.2. The molecule has 2 aliphatic heterocycles. The lowest BCUT2D eigenvalue weighted by atomic mass is 9.94. The highest BCUT2D eigenvalue weighted by Crippen LogP contribution is 2.46. The Hall–Kier alpha value is -4.27. The lowest BCUT2D eigenvalue weighted by Gasteiger charge is -2.46. The highest BCUT2D eigenvalue weighted by Gasteiger charge is 2.41. The molecule has 9 nitrogen and oxygen atoms in total. The summed E-state index contributed by atoms with van der Waals surface area (Å²) in [7, 11) is 0. The number of ether oxygens (including phenoxy) is 1. The van der Waals surface area contributed by atoms with Gasteiger partial charge in [0.15, 0.2) is 11.4 Å². The van der Waals surface area contributed by atoms with Crippen molar-refractivity contribution in [3.8, 4) is 17.2 Å². The van der Waals surface area contributed by atoms with Gasteiger partial charge in [-0.1, -0.05) is 36.4 Å². The Bertz CT molecular complexity index is 1320. The summed E-state index contributed by atoms with van der Waals surface area (Å²) in [5.74, 6) is -1.68. The van der Waals surface area contributed by atoms with E-state index in [9.17, 15) is 24.6 Å². The van der Waals surface area contributed by atoms with Crippen LogP contribution in [0, 0.1) is 0 Å². The van der Waals surface area contributed by atoms with E-state index in [1.165, 1.54) is 9.58 Å². The van der Waals surface area contributed by atoms with Crippen molar-refractivity contribution in [2.45, 2.75) is 25.9 Å². The number of nitrogens with zero attached hydrogens (tertiary/aromatic N) is 3. The Morgan fingerprint density at radius 2 is 1.61 bits per heavy atom. The van der Waals surface area contributed by atoms with E-state index in [2.05, 4.69) is 0 Å². The number of carbonyl (C=O) groups excluding carboxylic acids is 1. The second-order valence-electron chi connectivity index (χ2n) is 8.25. The van der Waals surface area contributed by atoms with Gasteiger partial charge in [0.25, 0.3) is 5.91 Å². The number of aromatic hydroxyl groups is 1. The molecule has 9 heteroatoms. The number of fused-ring (bicyclic) bond motifs is 3. The van der Waals surface area contributed by atoms with Gasteiger partial charge in [-0.2, -0.15) is 0 Å². The van der Waals surface area contributed by atoms with Gasteiger partial charge in [0.05, 0.1) is 0 Å². The average Bonchev–Trinajstić information content (AvgIpc) is 2.79. The lowest BCUT2D eigenvalue weighted by molar-refractivity contribution is 0.0611. The third-order valence-corrected chi connectivity index (χ3v) is 6.00. The molecule has 0 saturated carbocycles. The number of benzene rings is 2. The molecule has 3 heterocycles. The van der Waals surface area contributed by atoms with Gasteiger partial charge in [-0.05, 0) is 26.0 Å². The second kappa shape index (κ2) is 7.40. The Balaban J connectivity index is 1.82. The fraction of sp³-hybridized carbons (Fsp3) is 0.208.